The SMILES string of the molecule is C=CC(=O)N1CCC(n2nc(N3CC[C@@H](CN4CCC5COCC54)CC3(C)C)c(-c3c(C)c(Cl)cc4[nH]ncc34)c2C)CC1. The number of rotatable bonds is 6. The lowest BCUT2D eigenvalue weighted by atomic mass is 9.81. The summed E-state index contributed by atoms with van der Waals surface area (Å²) in [5, 5.41) is 14.8. The van der Waals surface area contributed by atoms with Crippen LogP contribution in [0.15, 0.2) is 24.9 Å². The number of anilines is 1. The maximum atomic E-state index is 12.3. The van der Waals surface area contributed by atoms with Crippen molar-refractivity contribution in [3.05, 3.63) is 41.2 Å². The molecule has 7 rings (SSSR count). The highest BCUT2D eigenvalue weighted by Gasteiger charge is 2.43. The normalized spacial score (nSPS) is 26.1. The molecule has 10 heteroatoms. The standard InChI is InChI=1S/C34H46ClN7O2/c1-6-30(43)39-12-9-25(10-13-39)42-22(3)32(31-21(2)27(35)15-28-26(31)17-36-37-28)33(38-42)41-14-7-23(16-34(41,4)5)18-40-11-8-24-19-44-20-29(24)40/h6,15,17,23-25,29H,1,7-14,16,18-20H2,2-5H3,(H,36,37)/t23-,24?,29?/m1/s1. The Labute approximate surface area is 265 Å². The number of likely N-dealkylation sites (tertiary alicyclic amines) is 2. The number of fused-ring (bicyclic) bond motifs is 2. The molecule has 1 amide bonds. The van der Waals surface area contributed by atoms with Gasteiger partial charge in [0.05, 0.1) is 31.0 Å². The minimum atomic E-state index is -0.0731. The van der Waals surface area contributed by atoms with Gasteiger partial charge in [-0.2, -0.15) is 10.2 Å². The number of nitrogens with one attached hydrogen (secondary N) is 1. The fourth-order valence-corrected chi connectivity index (χ4v) is 8.89. The molecular weight excluding hydrogens is 574 g/mol. The number of H-pyrrole nitrogens is 1. The molecule has 1 N–H and O–H groups in total. The Hall–Kier alpha value is -2.88. The number of hydrogen-bond donors (Lipinski definition) is 1. The van der Waals surface area contributed by atoms with E-state index < -0.39 is 0 Å². The third-order valence-corrected chi connectivity index (χ3v) is 11.5. The van der Waals surface area contributed by atoms with E-state index in [2.05, 4.69) is 59.0 Å². The highest BCUT2D eigenvalue weighted by molar-refractivity contribution is 6.33. The summed E-state index contributed by atoms with van der Waals surface area (Å²) in [5.41, 5.74) is 5.31. The van der Waals surface area contributed by atoms with E-state index in [0.717, 1.165) is 102 Å². The summed E-state index contributed by atoms with van der Waals surface area (Å²) >= 11 is 6.85. The first-order valence-electron chi connectivity index (χ1n) is 16.4. The zero-order valence-corrected chi connectivity index (χ0v) is 27.4. The minimum absolute atomic E-state index is 0.00782. The van der Waals surface area contributed by atoms with Crippen molar-refractivity contribution in [1.29, 1.82) is 0 Å². The molecule has 0 bridgehead atoms. The molecule has 0 saturated carbocycles. The molecule has 44 heavy (non-hydrogen) atoms. The summed E-state index contributed by atoms with van der Waals surface area (Å²) in [7, 11) is 0. The van der Waals surface area contributed by atoms with Gasteiger partial charge in [-0.25, -0.2) is 0 Å². The smallest absolute Gasteiger partial charge is 0.245 e. The molecule has 4 saturated heterocycles. The van der Waals surface area contributed by atoms with Crippen molar-refractivity contribution >= 4 is 34.2 Å². The number of aromatic amines is 1. The lowest BCUT2D eigenvalue weighted by Gasteiger charge is -2.47. The van der Waals surface area contributed by atoms with Crippen LogP contribution in [0.1, 0.15) is 63.3 Å². The third kappa shape index (κ3) is 5.05. The fourth-order valence-electron chi connectivity index (χ4n) is 8.69. The molecular formula is C34H46ClN7O2. The van der Waals surface area contributed by atoms with E-state index in [9.17, 15) is 4.79 Å². The molecule has 4 aliphatic rings. The number of carbonyl (C=O) groups is 1. The number of hydrogen-bond acceptors (Lipinski definition) is 6. The van der Waals surface area contributed by atoms with Gasteiger partial charge in [0.25, 0.3) is 0 Å². The lowest BCUT2D eigenvalue weighted by molar-refractivity contribution is -0.127. The summed E-state index contributed by atoms with van der Waals surface area (Å²) in [4.78, 5) is 19.5. The van der Waals surface area contributed by atoms with E-state index in [1.54, 1.807) is 0 Å². The summed E-state index contributed by atoms with van der Waals surface area (Å²) in [6.07, 6.45) is 8.60. The molecule has 3 aromatic rings. The average molecular weight is 620 g/mol. The number of amides is 1. The first-order valence-corrected chi connectivity index (χ1v) is 16.8. The molecule has 0 aliphatic carbocycles. The molecule has 1 aromatic carbocycles. The van der Waals surface area contributed by atoms with Crippen molar-refractivity contribution in [2.24, 2.45) is 11.8 Å². The van der Waals surface area contributed by atoms with Crippen LogP contribution in [0.3, 0.4) is 0 Å². The number of piperidine rings is 2. The molecule has 4 aliphatic heterocycles. The number of ether oxygens (including phenoxy) is 1. The fraction of sp³-hybridized carbons (Fsp3) is 0.618. The van der Waals surface area contributed by atoms with Crippen LogP contribution < -0.4 is 4.90 Å². The maximum Gasteiger partial charge on any atom is 0.245 e. The number of carbonyl (C=O) groups excluding carboxylic acids is 1. The largest absolute Gasteiger partial charge is 0.379 e. The van der Waals surface area contributed by atoms with Crippen LogP contribution in [0.25, 0.3) is 22.0 Å². The number of benzene rings is 1. The van der Waals surface area contributed by atoms with Crippen LogP contribution in [-0.2, 0) is 9.53 Å². The van der Waals surface area contributed by atoms with Gasteiger partial charge in [-0.05, 0) is 90.0 Å². The van der Waals surface area contributed by atoms with Gasteiger partial charge in [0.2, 0.25) is 5.91 Å². The van der Waals surface area contributed by atoms with Crippen molar-refractivity contribution in [2.75, 3.05) is 50.8 Å². The van der Waals surface area contributed by atoms with E-state index in [1.165, 1.54) is 19.0 Å². The van der Waals surface area contributed by atoms with Crippen LogP contribution in [-0.4, -0.2) is 93.2 Å². The van der Waals surface area contributed by atoms with E-state index in [-0.39, 0.29) is 17.5 Å². The number of aromatic nitrogens is 4. The van der Waals surface area contributed by atoms with Gasteiger partial charge >= 0.3 is 0 Å². The van der Waals surface area contributed by atoms with Gasteiger partial charge in [0.15, 0.2) is 5.82 Å². The Morgan fingerprint density at radius 1 is 1.14 bits per heavy atom. The van der Waals surface area contributed by atoms with Crippen molar-refractivity contribution < 1.29 is 9.53 Å². The summed E-state index contributed by atoms with van der Waals surface area (Å²) in [5.74, 6) is 2.41. The third-order valence-electron chi connectivity index (χ3n) is 11.1. The average Bonchev–Trinajstić information content (AvgIpc) is 3.80. The second-order valence-electron chi connectivity index (χ2n) is 14.2. The number of halogens is 1. The maximum absolute atomic E-state index is 12.3. The monoisotopic (exact) mass is 619 g/mol. The van der Waals surface area contributed by atoms with Gasteiger partial charge in [-0.1, -0.05) is 18.2 Å². The van der Waals surface area contributed by atoms with Gasteiger partial charge in [0.1, 0.15) is 0 Å². The Balaban J connectivity index is 1.24. The van der Waals surface area contributed by atoms with Gasteiger partial charge in [-0.3, -0.25) is 19.5 Å². The zero-order valence-electron chi connectivity index (χ0n) is 26.6. The lowest BCUT2D eigenvalue weighted by Crippen LogP contribution is -2.52. The molecule has 9 nitrogen and oxygen atoms in total. The van der Waals surface area contributed by atoms with Gasteiger partial charge < -0.3 is 14.5 Å². The molecule has 236 valence electrons. The topological polar surface area (TPSA) is 82.5 Å². The second-order valence-corrected chi connectivity index (χ2v) is 14.6. The van der Waals surface area contributed by atoms with Crippen LogP contribution in [0.5, 0.6) is 0 Å². The van der Waals surface area contributed by atoms with E-state index in [1.807, 2.05) is 17.2 Å². The highest BCUT2D eigenvalue weighted by atomic mass is 35.5. The summed E-state index contributed by atoms with van der Waals surface area (Å²) in [6.45, 7) is 19.4. The Morgan fingerprint density at radius 2 is 1.93 bits per heavy atom. The predicted octanol–water partition coefficient (Wildman–Crippen LogP) is 5.76. The zero-order chi connectivity index (χ0) is 30.7. The second kappa shape index (κ2) is 11.5. The van der Waals surface area contributed by atoms with E-state index in [0.29, 0.717) is 25.0 Å². The molecule has 2 aromatic heterocycles. The Bertz CT molecular complexity index is 1570. The van der Waals surface area contributed by atoms with Crippen LogP contribution >= 0.6 is 11.6 Å². The van der Waals surface area contributed by atoms with Crippen LogP contribution in [0, 0.1) is 25.7 Å². The molecule has 3 atom stereocenters. The highest BCUT2D eigenvalue weighted by Crippen LogP contribution is 2.47. The molecule has 4 fully saturated rings. The Kier molecular flexibility index (Phi) is 7.78. The first-order chi connectivity index (χ1) is 21.2. The van der Waals surface area contributed by atoms with Crippen LogP contribution in [0.2, 0.25) is 5.02 Å². The minimum Gasteiger partial charge on any atom is -0.379 e. The first kappa shape index (κ1) is 29.8. The quantitative estimate of drug-likeness (QED) is 0.353. The van der Waals surface area contributed by atoms with Crippen molar-refractivity contribution in [2.45, 2.75) is 77.4 Å². The number of nitrogens with zero attached hydrogens (tertiary/aromatic N) is 6. The molecule has 2 unspecified atom stereocenters. The molecule has 0 spiro atoms. The summed E-state index contributed by atoms with van der Waals surface area (Å²) in [6, 6.07) is 2.80. The Morgan fingerprint density at radius 3 is 2.68 bits per heavy atom. The van der Waals surface area contributed by atoms with Crippen molar-refractivity contribution in [3.8, 4) is 11.1 Å². The summed E-state index contributed by atoms with van der Waals surface area (Å²) < 4.78 is 8.08. The van der Waals surface area contributed by atoms with Gasteiger partial charge in [-0.15, -0.1) is 0 Å². The molecule has 0 radical (unpaired) electrons. The van der Waals surface area contributed by atoms with Crippen molar-refractivity contribution in [1.82, 2.24) is 29.8 Å². The molecule has 6 heterocycles. The predicted molar refractivity (Wildman–Crippen MR) is 175 cm³/mol. The van der Waals surface area contributed by atoms with Crippen LogP contribution in [0.4, 0.5) is 5.82 Å². The van der Waals surface area contributed by atoms with E-state index >= 15 is 0 Å². The van der Waals surface area contributed by atoms with Gasteiger partial charge in [0, 0.05) is 70.9 Å². The van der Waals surface area contributed by atoms with Crippen molar-refractivity contribution in [3.63, 3.8) is 0 Å². The van der Waals surface area contributed by atoms with E-state index in [4.69, 9.17) is 21.4 Å².